The lowest BCUT2D eigenvalue weighted by Crippen LogP contribution is -2.43. The molecule has 0 aromatic carbocycles. The molecule has 3 aromatic heterocycles. The second kappa shape index (κ2) is 6.28. The first kappa shape index (κ1) is 16.8. The molecule has 1 fully saturated rings. The van der Waals surface area contributed by atoms with Crippen LogP contribution in [0.1, 0.15) is 44.1 Å². The van der Waals surface area contributed by atoms with E-state index in [0.717, 1.165) is 40.7 Å². The van der Waals surface area contributed by atoms with Crippen molar-refractivity contribution in [1.29, 1.82) is 0 Å². The summed E-state index contributed by atoms with van der Waals surface area (Å²) < 4.78 is 12.9. The van der Waals surface area contributed by atoms with Crippen molar-refractivity contribution >= 4 is 22.5 Å². The van der Waals surface area contributed by atoms with Gasteiger partial charge in [0.15, 0.2) is 11.2 Å². The summed E-state index contributed by atoms with van der Waals surface area (Å²) in [7, 11) is 1.48. The molecule has 4 rings (SSSR count). The Hall–Kier alpha value is -2.61. The number of carboxylic acids is 1. The van der Waals surface area contributed by atoms with Crippen LogP contribution in [0.5, 0.6) is 5.75 Å². The number of carboxylic acid groups (broad SMARTS) is 1. The van der Waals surface area contributed by atoms with Crippen molar-refractivity contribution in [2.75, 3.05) is 13.7 Å². The average molecular weight is 358 g/mol. The van der Waals surface area contributed by atoms with Gasteiger partial charge in [-0.1, -0.05) is 0 Å². The molecule has 0 bridgehead atoms. The summed E-state index contributed by atoms with van der Waals surface area (Å²) in [6.45, 7) is 2.52. The Labute approximate surface area is 150 Å². The van der Waals surface area contributed by atoms with Crippen LogP contribution >= 0.6 is 0 Å². The van der Waals surface area contributed by atoms with Crippen LogP contribution in [0.3, 0.4) is 0 Å². The van der Waals surface area contributed by atoms with E-state index in [2.05, 4.69) is 21.4 Å². The number of aromatic nitrogens is 4. The second-order valence-corrected chi connectivity index (χ2v) is 6.77. The minimum atomic E-state index is -1.07. The number of nitrogens with one attached hydrogen (secondary N) is 1. The smallest absolute Gasteiger partial charge is 0.335 e. The van der Waals surface area contributed by atoms with Crippen molar-refractivity contribution in [1.82, 2.24) is 19.8 Å². The third-order valence-corrected chi connectivity index (χ3v) is 5.46. The summed E-state index contributed by atoms with van der Waals surface area (Å²) in [5.41, 5.74) is 1.78. The maximum atomic E-state index is 11.6. The summed E-state index contributed by atoms with van der Waals surface area (Å²) in [5.74, 6) is 0.0958. The molecular formula is C18H22N4O4. The first-order valence-corrected chi connectivity index (χ1v) is 8.84. The third-order valence-electron chi connectivity index (χ3n) is 5.46. The normalized spacial score (nSPS) is 23.5. The molecule has 0 radical (unpaired) electrons. The minimum Gasteiger partial charge on any atom is -0.492 e. The fraction of sp³-hybridized carbons (Fsp3) is 0.500. The fourth-order valence-corrected chi connectivity index (χ4v) is 4.03. The number of fused-ring (bicyclic) bond motifs is 3. The second-order valence-electron chi connectivity index (χ2n) is 6.77. The molecule has 0 unspecified atom stereocenters. The van der Waals surface area contributed by atoms with Crippen LogP contribution in [0, 0.1) is 0 Å². The summed E-state index contributed by atoms with van der Waals surface area (Å²) in [6, 6.07) is 2.05. The Balaban J connectivity index is 1.76. The van der Waals surface area contributed by atoms with E-state index in [-0.39, 0.29) is 5.92 Å². The van der Waals surface area contributed by atoms with E-state index >= 15 is 0 Å². The maximum Gasteiger partial charge on any atom is 0.335 e. The minimum absolute atomic E-state index is 0.218. The Morgan fingerprint density at radius 3 is 2.88 bits per heavy atom. The molecule has 1 aliphatic rings. The van der Waals surface area contributed by atoms with Gasteiger partial charge < -0.3 is 14.6 Å². The van der Waals surface area contributed by atoms with Crippen molar-refractivity contribution in [3.8, 4) is 5.75 Å². The van der Waals surface area contributed by atoms with Crippen molar-refractivity contribution in [3.63, 3.8) is 0 Å². The standard InChI is InChI=1S/C18H22N4O4/c1-3-26-12-8-13(11-4-6-18(25-2,7-5-11)17(23)24)15-14-9-19-20-16(14)21-22(15)10-12/h8-11H,3-7H2,1-2H3,(H,20,21)(H,23,24). The monoisotopic (exact) mass is 358 g/mol. The first-order chi connectivity index (χ1) is 12.6. The lowest BCUT2D eigenvalue weighted by Gasteiger charge is -2.36. The van der Waals surface area contributed by atoms with Gasteiger partial charge in [-0.3, -0.25) is 5.10 Å². The zero-order valence-corrected chi connectivity index (χ0v) is 14.9. The molecule has 0 saturated heterocycles. The fourth-order valence-electron chi connectivity index (χ4n) is 4.03. The number of carbonyl (C=O) groups is 1. The summed E-state index contributed by atoms with van der Waals surface area (Å²) in [4.78, 5) is 11.6. The van der Waals surface area contributed by atoms with Crippen molar-refractivity contribution in [2.45, 2.75) is 44.1 Å². The van der Waals surface area contributed by atoms with Gasteiger partial charge in [-0.05, 0) is 50.2 Å². The molecule has 1 aliphatic carbocycles. The topological polar surface area (TPSA) is 102 Å². The predicted molar refractivity (Wildman–Crippen MR) is 94.6 cm³/mol. The molecule has 3 heterocycles. The molecule has 0 aliphatic heterocycles. The highest BCUT2D eigenvalue weighted by atomic mass is 16.5. The highest BCUT2D eigenvalue weighted by molar-refractivity contribution is 5.94. The van der Waals surface area contributed by atoms with Gasteiger partial charge in [0.1, 0.15) is 5.75 Å². The van der Waals surface area contributed by atoms with Crippen molar-refractivity contribution < 1.29 is 19.4 Å². The number of hydrogen-bond acceptors (Lipinski definition) is 5. The molecule has 0 spiro atoms. The molecule has 138 valence electrons. The SMILES string of the molecule is CCOc1cc(C2CCC(OC)(C(=O)O)CC2)c2c3cn[nH]c3nn2c1. The molecule has 8 nitrogen and oxygen atoms in total. The van der Waals surface area contributed by atoms with E-state index in [1.54, 1.807) is 6.20 Å². The van der Waals surface area contributed by atoms with E-state index in [9.17, 15) is 9.90 Å². The van der Waals surface area contributed by atoms with Crippen LogP contribution in [0.4, 0.5) is 0 Å². The van der Waals surface area contributed by atoms with Gasteiger partial charge in [0, 0.05) is 7.11 Å². The van der Waals surface area contributed by atoms with Gasteiger partial charge in [0.25, 0.3) is 0 Å². The molecule has 3 aromatic rings. The predicted octanol–water partition coefficient (Wildman–Crippen LogP) is 2.74. The zero-order chi connectivity index (χ0) is 18.3. The number of aromatic amines is 1. The Bertz CT molecular complexity index is 953. The molecular weight excluding hydrogens is 336 g/mol. The highest BCUT2D eigenvalue weighted by Crippen LogP contribution is 2.43. The Kier molecular flexibility index (Phi) is 4.07. The van der Waals surface area contributed by atoms with Crippen LogP contribution in [-0.2, 0) is 9.53 Å². The summed E-state index contributed by atoms with van der Waals surface area (Å²) >= 11 is 0. The Morgan fingerprint density at radius 1 is 1.46 bits per heavy atom. The number of methoxy groups -OCH3 is 1. The van der Waals surface area contributed by atoms with Gasteiger partial charge in [-0.25, -0.2) is 9.31 Å². The largest absolute Gasteiger partial charge is 0.492 e. The van der Waals surface area contributed by atoms with Gasteiger partial charge in [-0.2, -0.15) is 5.10 Å². The lowest BCUT2D eigenvalue weighted by molar-refractivity contribution is -0.166. The maximum absolute atomic E-state index is 11.6. The number of H-pyrrole nitrogens is 1. The van der Waals surface area contributed by atoms with Crippen LogP contribution in [-0.4, -0.2) is 50.2 Å². The first-order valence-electron chi connectivity index (χ1n) is 8.84. The quantitative estimate of drug-likeness (QED) is 0.727. The molecule has 1 saturated carbocycles. The molecule has 26 heavy (non-hydrogen) atoms. The molecule has 0 amide bonds. The number of pyridine rings is 1. The van der Waals surface area contributed by atoms with E-state index in [0.29, 0.717) is 19.4 Å². The van der Waals surface area contributed by atoms with Crippen molar-refractivity contribution in [3.05, 3.63) is 24.0 Å². The Morgan fingerprint density at radius 2 is 2.23 bits per heavy atom. The van der Waals surface area contributed by atoms with E-state index in [1.807, 2.05) is 17.6 Å². The van der Waals surface area contributed by atoms with Gasteiger partial charge >= 0.3 is 5.97 Å². The summed E-state index contributed by atoms with van der Waals surface area (Å²) in [6.07, 6.45) is 6.08. The highest BCUT2D eigenvalue weighted by Gasteiger charge is 2.43. The number of nitrogens with zero attached hydrogens (tertiary/aromatic N) is 3. The summed E-state index contributed by atoms with van der Waals surface area (Å²) in [5, 5.41) is 22.0. The zero-order valence-electron chi connectivity index (χ0n) is 14.9. The van der Waals surface area contributed by atoms with Crippen molar-refractivity contribution in [2.24, 2.45) is 0 Å². The van der Waals surface area contributed by atoms with E-state index in [1.165, 1.54) is 7.11 Å². The molecule has 8 heteroatoms. The van der Waals surface area contributed by atoms with Crippen LogP contribution in [0.25, 0.3) is 16.6 Å². The lowest BCUT2D eigenvalue weighted by atomic mass is 9.75. The van der Waals surface area contributed by atoms with Gasteiger partial charge in [-0.15, -0.1) is 5.10 Å². The number of rotatable bonds is 5. The van der Waals surface area contributed by atoms with Gasteiger partial charge in [0.05, 0.1) is 29.9 Å². The third kappa shape index (κ3) is 2.52. The average Bonchev–Trinajstić information content (AvgIpc) is 3.22. The molecule has 0 atom stereocenters. The van der Waals surface area contributed by atoms with Crippen LogP contribution in [0.2, 0.25) is 0 Å². The number of ether oxygens (including phenoxy) is 2. The van der Waals surface area contributed by atoms with E-state index < -0.39 is 11.6 Å². The van der Waals surface area contributed by atoms with Crippen LogP contribution < -0.4 is 4.74 Å². The number of aliphatic carboxylic acids is 1. The van der Waals surface area contributed by atoms with Crippen LogP contribution in [0.15, 0.2) is 18.5 Å². The number of hydrogen-bond donors (Lipinski definition) is 2. The van der Waals surface area contributed by atoms with Gasteiger partial charge in [0.2, 0.25) is 0 Å². The van der Waals surface area contributed by atoms with E-state index in [4.69, 9.17) is 9.47 Å². The molecule has 2 N–H and O–H groups in total.